The van der Waals surface area contributed by atoms with Gasteiger partial charge in [-0.15, -0.1) is 0 Å². The number of hydrogen-bond acceptors (Lipinski definition) is 3. The van der Waals surface area contributed by atoms with Gasteiger partial charge in [-0.25, -0.2) is 0 Å². The monoisotopic (exact) mass is 261 g/mol. The van der Waals surface area contributed by atoms with E-state index in [-0.39, 0.29) is 18.7 Å². The van der Waals surface area contributed by atoms with Gasteiger partial charge in [-0.05, 0) is 18.1 Å². The van der Waals surface area contributed by atoms with Crippen LogP contribution in [0.15, 0.2) is 24.4 Å². The van der Waals surface area contributed by atoms with E-state index >= 15 is 0 Å². The van der Waals surface area contributed by atoms with Crippen molar-refractivity contribution in [3.63, 3.8) is 0 Å². The predicted molar refractivity (Wildman–Crippen MR) is 69.7 cm³/mol. The summed E-state index contributed by atoms with van der Waals surface area (Å²) in [5.74, 6) is -0.955. The molecule has 0 saturated carbocycles. The standard InChI is InChI=1S/C13H15N3O3/c17-12(14-5-1-2-13(18)19)7-9-3-4-10-8-15-16-11(10)6-9/h3-4,6,8H,1-2,5,7H2,(H,14,17)(H,15,16)(H,18,19). The predicted octanol–water partition coefficient (Wildman–Crippen LogP) is 1.09. The molecule has 0 radical (unpaired) electrons. The summed E-state index contributed by atoms with van der Waals surface area (Å²) in [6, 6.07) is 5.68. The molecule has 1 heterocycles. The van der Waals surface area contributed by atoms with E-state index in [9.17, 15) is 9.59 Å². The fraction of sp³-hybridized carbons (Fsp3) is 0.308. The van der Waals surface area contributed by atoms with Gasteiger partial charge in [-0.3, -0.25) is 14.7 Å². The second-order valence-electron chi connectivity index (χ2n) is 4.32. The number of aromatic nitrogens is 2. The maximum atomic E-state index is 11.6. The van der Waals surface area contributed by atoms with Gasteiger partial charge in [-0.1, -0.05) is 12.1 Å². The minimum absolute atomic E-state index is 0.0698. The van der Waals surface area contributed by atoms with Gasteiger partial charge in [0, 0.05) is 18.4 Å². The Labute approximate surface area is 109 Å². The number of nitrogens with zero attached hydrogens (tertiary/aromatic N) is 1. The first-order valence-electron chi connectivity index (χ1n) is 6.05. The third-order valence-electron chi connectivity index (χ3n) is 2.76. The number of carboxylic acids is 1. The lowest BCUT2D eigenvalue weighted by Gasteiger charge is -2.04. The number of fused-ring (bicyclic) bond motifs is 1. The second kappa shape index (κ2) is 5.99. The zero-order valence-corrected chi connectivity index (χ0v) is 10.3. The van der Waals surface area contributed by atoms with E-state index in [0.29, 0.717) is 13.0 Å². The van der Waals surface area contributed by atoms with Gasteiger partial charge in [0.05, 0.1) is 18.1 Å². The quantitative estimate of drug-likeness (QED) is 0.678. The summed E-state index contributed by atoms with van der Waals surface area (Å²) in [5.41, 5.74) is 1.80. The summed E-state index contributed by atoms with van der Waals surface area (Å²) < 4.78 is 0. The number of hydrogen-bond donors (Lipinski definition) is 3. The van der Waals surface area contributed by atoms with E-state index in [2.05, 4.69) is 15.5 Å². The van der Waals surface area contributed by atoms with E-state index in [1.54, 1.807) is 6.20 Å². The molecule has 0 aliphatic carbocycles. The fourth-order valence-corrected chi connectivity index (χ4v) is 1.81. The smallest absolute Gasteiger partial charge is 0.303 e. The topological polar surface area (TPSA) is 95.1 Å². The second-order valence-corrected chi connectivity index (χ2v) is 4.32. The van der Waals surface area contributed by atoms with Crippen molar-refractivity contribution in [1.82, 2.24) is 15.5 Å². The molecule has 6 heteroatoms. The zero-order valence-electron chi connectivity index (χ0n) is 10.3. The Hall–Kier alpha value is -2.37. The highest BCUT2D eigenvalue weighted by atomic mass is 16.4. The molecule has 0 aliphatic rings. The van der Waals surface area contributed by atoms with Gasteiger partial charge in [0.15, 0.2) is 0 Å². The number of carbonyl (C=O) groups excluding carboxylic acids is 1. The molecule has 0 atom stereocenters. The van der Waals surface area contributed by atoms with Crippen molar-refractivity contribution in [2.75, 3.05) is 6.54 Å². The van der Waals surface area contributed by atoms with Crippen LogP contribution in [-0.2, 0) is 16.0 Å². The maximum Gasteiger partial charge on any atom is 0.303 e. The largest absolute Gasteiger partial charge is 0.481 e. The SMILES string of the molecule is O=C(O)CCCNC(=O)Cc1ccc2cn[nH]c2c1. The summed E-state index contributed by atoms with van der Waals surface area (Å²) in [5, 5.41) is 18.9. The molecular formula is C13H15N3O3. The Morgan fingerprint density at radius 3 is 3.00 bits per heavy atom. The third kappa shape index (κ3) is 3.80. The molecular weight excluding hydrogens is 246 g/mol. The number of carboxylic acid groups (broad SMARTS) is 1. The van der Waals surface area contributed by atoms with Crippen molar-refractivity contribution in [3.05, 3.63) is 30.0 Å². The number of rotatable bonds is 6. The Morgan fingerprint density at radius 2 is 2.21 bits per heavy atom. The molecule has 2 rings (SSSR count). The van der Waals surface area contributed by atoms with Crippen LogP contribution in [0.2, 0.25) is 0 Å². The van der Waals surface area contributed by atoms with Crippen molar-refractivity contribution in [2.24, 2.45) is 0 Å². The number of aromatic amines is 1. The Balaban J connectivity index is 1.82. The molecule has 100 valence electrons. The number of nitrogens with one attached hydrogen (secondary N) is 2. The summed E-state index contributed by atoms with van der Waals surface area (Å²) >= 11 is 0. The van der Waals surface area contributed by atoms with Crippen molar-refractivity contribution in [2.45, 2.75) is 19.3 Å². The van der Waals surface area contributed by atoms with Crippen molar-refractivity contribution < 1.29 is 14.7 Å². The Kier molecular flexibility index (Phi) is 4.12. The molecule has 2 aromatic rings. The first-order chi connectivity index (χ1) is 9.15. The average molecular weight is 261 g/mol. The highest BCUT2D eigenvalue weighted by Crippen LogP contribution is 2.13. The molecule has 0 aliphatic heterocycles. The van der Waals surface area contributed by atoms with Crippen LogP contribution in [0.4, 0.5) is 0 Å². The summed E-state index contributed by atoms with van der Waals surface area (Å²) in [7, 11) is 0. The minimum atomic E-state index is -0.848. The van der Waals surface area contributed by atoms with E-state index in [1.807, 2.05) is 18.2 Å². The Morgan fingerprint density at radius 1 is 1.37 bits per heavy atom. The molecule has 6 nitrogen and oxygen atoms in total. The molecule has 19 heavy (non-hydrogen) atoms. The lowest BCUT2D eigenvalue weighted by molar-refractivity contribution is -0.137. The molecule has 3 N–H and O–H groups in total. The van der Waals surface area contributed by atoms with Crippen LogP contribution in [0.3, 0.4) is 0 Å². The molecule has 1 aromatic carbocycles. The van der Waals surface area contributed by atoms with Crippen LogP contribution in [-0.4, -0.2) is 33.7 Å². The number of benzene rings is 1. The van der Waals surface area contributed by atoms with E-state index < -0.39 is 5.97 Å². The lowest BCUT2D eigenvalue weighted by atomic mass is 10.1. The number of aliphatic carboxylic acids is 1. The number of carbonyl (C=O) groups is 2. The van der Waals surface area contributed by atoms with Gasteiger partial charge >= 0.3 is 5.97 Å². The van der Waals surface area contributed by atoms with Crippen LogP contribution in [0.5, 0.6) is 0 Å². The molecule has 0 saturated heterocycles. The number of H-pyrrole nitrogens is 1. The molecule has 0 unspecified atom stereocenters. The van der Waals surface area contributed by atoms with Crippen molar-refractivity contribution >= 4 is 22.8 Å². The van der Waals surface area contributed by atoms with Crippen LogP contribution in [0, 0.1) is 0 Å². The van der Waals surface area contributed by atoms with Crippen LogP contribution < -0.4 is 5.32 Å². The van der Waals surface area contributed by atoms with E-state index in [4.69, 9.17) is 5.11 Å². The minimum Gasteiger partial charge on any atom is -0.481 e. The first kappa shape index (κ1) is 13.1. The van der Waals surface area contributed by atoms with E-state index in [1.165, 1.54) is 0 Å². The van der Waals surface area contributed by atoms with Gasteiger partial charge in [0.1, 0.15) is 0 Å². The summed E-state index contributed by atoms with van der Waals surface area (Å²) in [6.45, 7) is 0.386. The van der Waals surface area contributed by atoms with Gasteiger partial charge in [0.2, 0.25) is 5.91 Å². The normalized spacial score (nSPS) is 10.5. The highest BCUT2D eigenvalue weighted by Gasteiger charge is 2.05. The maximum absolute atomic E-state index is 11.6. The molecule has 0 spiro atoms. The zero-order chi connectivity index (χ0) is 13.7. The van der Waals surface area contributed by atoms with Crippen molar-refractivity contribution in [3.8, 4) is 0 Å². The highest BCUT2D eigenvalue weighted by molar-refractivity contribution is 5.82. The number of amides is 1. The van der Waals surface area contributed by atoms with Gasteiger partial charge in [0.25, 0.3) is 0 Å². The molecule has 0 bridgehead atoms. The fourth-order valence-electron chi connectivity index (χ4n) is 1.81. The molecule has 1 aromatic heterocycles. The van der Waals surface area contributed by atoms with E-state index in [0.717, 1.165) is 16.5 Å². The summed E-state index contributed by atoms with van der Waals surface area (Å²) in [6.07, 6.45) is 2.52. The lowest BCUT2D eigenvalue weighted by Crippen LogP contribution is -2.26. The van der Waals surface area contributed by atoms with Crippen LogP contribution in [0.1, 0.15) is 18.4 Å². The van der Waals surface area contributed by atoms with Crippen LogP contribution >= 0.6 is 0 Å². The average Bonchev–Trinajstić information content (AvgIpc) is 2.82. The van der Waals surface area contributed by atoms with Crippen LogP contribution in [0.25, 0.3) is 10.9 Å². The van der Waals surface area contributed by atoms with Gasteiger partial charge < -0.3 is 10.4 Å². The molecule has 0 fully saturated rings. The third-order valence-corrected chi connectivity index (χ3v) is 2.76. The van der Waals surface area contributed by atoms with Crippen molar-refractivity contribution in [1.29, 1.82) is 0 Å². The summed E-state index contributed by atoms with van der Waals surface area (Å²) in [4.78, 5) is 22.0. The first-order valence-corrected chi connectivity index (χ1v) is 6.05. The Bertz CT molecular complexity index is 592. The van der Waals surface area contributed by atoms with Gasteiger partial charge in [-0.2, -0.15) is 5.10 Å². The molecule has 1 amide bonds.